The fourth-order valence-electron chi connectivity index (χ4n) is 3.04. The highest BCUT2D eigenvalue weighted by atomic mass is 32.1. The summed E-state index contributed by atoms with van der Waals surface area (Å²) in [5.74, 6) is -0.713. The molecule has 2 amide bonds. The first-order valence-electron chi connectivity index (χ1n) is 9.10. The van der Waals surface area contributed by atoms with Gasteiger partial charge in [0, 0.05) is 16.5 Å². The number of benzene rings is 2. The summed E-state index contributed by atoms with van der Waals surface area (Å²) in [6.07, 6.45) is 1.68. The van der Waals surface area contributed by atoms with Gasteiger partial charge in [0.25, 0.3) is 5.91 Å². The Morgan fingerprint density at radius 1 is 1.07 bits per heavy atom. The summed E-state index contributed by atoms with van der Waals surface area (Å²) >= 11 is 1.29. The second-order valence-electron chi connectivity index (χ2n) is 6.74. The number of rotatable bonds is 4. The van der Waals surface area contributed by atoms with Crippen LogP contribution in [0, 0.1) is 13.8 Å². The van der Waals surface area contributed by atoms with Crippen LogP contribution in [-0.2, 0) is 11.2 Å². The van der Waals surface area contributed by atoms with E-state index < -0.39 is 0 Å². The molecule has 0 atom stereocenters. The highest BCUT2D eigenvalue weighted by Crippen LogP contribution is 2.27. The summed E-state index contributed by atoms with van der Waals surface area (Å²) in [6, 6.07) is 15.5. The van der Waals surface area contributed by atoms with E-state index in [2.05, 4.69) is 15.8 Å². The average Bonchev–Trinajstić information content (AvgIpc) is 3.30. The van der Waals surface area contributed by atoms with Crippen LogP contribution in [0.3, 0.4) is 0 Å². The molecule has 0 saturated heterocycles. The van der Waals surface area contributed by atoms with E-state index in [1.165, 1.54) is 11.3 Å². The SMILES string of the molecule is Cc1ccc2c(CC(=O)NNC(=O)c3sc(-c4ccccc4)nc3C)coc2c1. The third-order valence-corrected chi connectivity index (χ3v) is 5.71. The number of hydrazine groups is 1. The molecule has 4 aromatic rings. The number of aryl methyl sites for hydroxylation is 2. The predicted octanol–water partition coefficient (Wildman–Crippen LogP) is 4.18. The highest BCUT2D eigenvalue weighted by molar-refractivity contribution is 7.17. The van der Waals surface area contributed by atoms with E-state index >= 15 is 0 Å². The molecule has 2 aromatic heterocycles. The lowest BCUT2D eigenvalue weighted by molar-refractivity contribution is -0.121. The fourth-order valence-corrected chi connectivity index (χ4v) is 4.01. The first-order valence-corrected chi connectivity index (χ1v) is 9.91. The van der Waals surface area contributed by atoms with Crippen molar-refractivity contribution in [3.05, 3.63) is 76.5 Å². The van der Waals surface area contributed by atoms with E-state index in [-0.39, 0.29) is 18.2 Å². The standard InChI is InChI=1S/C22H19N3O3S/c1-13-8-9-17-16(12-28-18(17)10-13)11-19(26)24-25-21(27)20-14(2)23-22(29-20)15-6-4-3-5-7-15/h3-10,12H,11H2,1-2H3,(H,24,26)(H,25,27). The predicted molar refractivity (Wildman–Crippen MR) is 113 cm³/mol. The molecule has 7 heteroatoms. The summed E-state index contributed by atoms with van der Waals surface area (Å²) in [7, 11) is 0. The number of thiazole rings is 1. The van der Waals surface area contributed by atoms with Crippen molar-refractivity contribution in [2.24, 2.45) is 0 Å². The van der Waals surface area contributed by atoms with E-state index in [1.807, 2.05) is 55.5 Å². The lowest BCUT2D eigenvalue weighted by Crippen LogP contribution is -2.42. The number of hydrogen-bond donors (Lipinski definition) is 2. The summed E-state index contributed by atoms with van der Waals surface area (Å²) in [4.78, 5) is 29.7. The third-order valence-electron chi connectivity index (χ3n) is 4.50. The quantitative estimate of drug-likeness (QED) is 0.499. The second kappa shape index (κ2) is 7.89. The number of amides is 2. The van der Waals surface area contributed by atoms with Crippen molar-refractivity contribution >= 4 is 34.1 Å². The van der Waals surface area contributed by atoms with Gasteiger partial charge in [-0.1, -0.05) is 42.5 Å². The van der Waals surface area contributed by atoms with Gasteiger partial charge in [0.05, 0.1) is 18.4 Å². The lowest BCUT2D eigenvalue weighted by atomic mass is 10.1. The Bertz CT molecular complexity index is 1190. The van der Waals surface area contributed by atoms with Crippen molar-refractivity contribution in [1.82, 2.24) is 15.8 Å². The Labute approximate surface area is 171 Å². The fraction of sp³-hybridized carbons (Fsp3) is 0.136. The van der Waals surface area contributed by atoms with Gasteiger partial charge < -0.3 is 4.42 Å². The van der Waals surface area contributed by atoms with Crippen LogP contribution in [-0.4, -0.2) is 16.8 Å². The summed E-state index contributed by atoms with van der Waals surface area (Å²) < 4.78 is 5.51. The Hall–Kier alpha value is -3.45. The zero-order valence-electron chi connectivity index (χ0n) is 16.0. The highest BCUT2D eigenvalue weighted by Gasteiger charge is 2.17. The van der Waals surface area contributed by atoms with Crippen molar-refractivity contribution < 1.29 is 14.0 Å². The van der Waals surface area contributed by atoms with Crippen LogP contribution in [0.1, 0.15) is 26.5 Å². The van der Waals surface area contributed by atoms with E-state index in [0.29, 0.717) is 10.6 Å². The lowest BCUT2D eigenvalue weighted by Gasteiger charge is -2.06. The van der Waals surface area contributed by atoms with Gasteiger partial charge in [-0.05, 0) is 25.5 Å². The van der Waals surface area contributed by atoms with Crippen LogP contribution in [0.5, 0.6) is 0 Å². The zero-order chi connectivity index (χ0) is 20.4. The summed E-state index contributed by atoms with van der Waals surface area (Å²) in [5, 5.41) is 1.66. The number of hydrogen-bond acceptors (Lipinski definition) is 5. The van der Waals surface area contributed by atoms with Crippen LogP contribution in [0.2, 0.25) is 0 Å². The van der Waals surface area contributed by atoms with Gasteiger partial charge in [-0.3, -0.25) is 20.4 Å². The Kier molecular flexibility index (Phi) is 5.14. The molecule has 2 heterocycles. The van der Waals surface area contributed by atoms with Crippen molar-refractivity contribution in [3.63, 3.8) is 0 Å². The van der Waals surface area contributed by atoms with Gasteiger partial charge in [0.2, 0.25) is 5.91 Å². The molecule has 2 N–H and O–H groups in total. The van der Waals surface area contributed by atoms with Crippen molar-refractivity contribution in [3.8, 4) is 10.6 Å². The number of carbonyl (C=O) groups excluding carboxylic acids is 2. The van der Waals surface area contributed by atoms with Gasteiger partial charge in [-0.2, -0.15) is 0 Å². The van der Waals surface area contributed by atoms with Crippen LogP contribution < -0.4 is 10.9 Å². The second-order valence-corrected chi connectivity index (χ2v) is 7.74. The zero-order valence-corrected chi connectivity index (χ0v) is 16.8. The molecule has 0 unspecified atom stereocenters. The summed E-state index contributed by atoms with van der Waals surface area (Å²) in [5.41, 5.74) is 9.12. The Morgan fingerprint density at radius 3 is 2.66 bits per heavy atom. The van der Waals surface area contributed by atoms with Crippen molar-refractivity contribution in [2.75, 3.05) is 0 Å². The van der Waals surface area contributed by atoms with E-state index in [0.717, 1.165) is 32.7 Å². The van der Waals surface area contributed by atoms with Crippen molar-refractivity contribution in [1.29, 1.82) is 0 Å². The molecule has 29 heavy (non-hydrogen) atoms. The van der Waals surface area contributed by atoms with Gasteiger partial charge >= 0.3 is 0 Å². The number of furan rings is 1. The normalized spacial score (nSPS) is 10.8. The minimum Gasteiger partial charge on any atom is -0.464 e. The largest absolute Gasteiger partial charge is 0.464 e. The van der Waals surface area contributed by atoms with Crippen molar-refractivity contribution in [2.45, 2.75) is 20.3 Å². The maximum atomic E-state index is 12.5. The molecule has 0 aliphatic carbocycles. The third kappa shape index (κ3) is 4.05. The van der Waals surface area contributed by atoms with Gasteiger partial charge in [-0.25, -0.2) is 4.98 Å². The van der Waals surface area contributed by atoms with Gasteiger partial charge in [0.15, 0.2) is 0 Å². The van der Waals surface area contributed by atoms with Gasteiger partial charge in [0.1, 0.15) is 15.5 Å². The van der Waals surface area contributed by atoms with Crippen LogP contribution >= 0.6 is 11.3 Å². The molecule has 0 aliphatic rings. The molecule has 0 radical (unpaired) electrons. The average molecular weight is 405 g/mol. The number of aromatic nitrogens is 1. The molecule has 0 fully saturated rings. The first-order chi connectivity index (χ1) is 14.0. The molecule has 0 spiro atoms. The van der Waals surface area contributed by atoms with Crippen LogP contribution in [0.4, 0.5) is 0 Å². The van der Waals surface area contributed by atoms with E-state index in [9.17, 15) is 9.59 Å². The maximum absolute atomic E-state index is 12.5. The Balaban J connectivity index is 1.40. The Morgan fingerprint density at radius 2 is 1.86 bits per heavy atom. The smallest absolute Gasteiger partial charge is 0.281 e. The van der Waals surface area contributed by atoms with Crippen LogP contribution in [0.25, 0.3) is 21.5 Å². The molecule has 4 rings (SSSR count). The minimum absolute atomic E-state index is 0.104. The number of carbonyl (C=O) groups is 2. The van der Waals surface area contributed by atoms with Gasteiger partial charge in [-0.15, -0.1) is 11.3 Å². The number of nitrogens with one attached hydrogen (secondary N) is 2. The van der Waals surface area contributed by atoms with E-state index in [1.54, 1.807) is 13.2 Å². The summed E-state index contributed by atoms with van der Waals surface area (Å²) in [6.45, 7) is 3.76. The van der Waals surface area contributed by atoms with Crippen LogP contribution in [0.15, 0.2) is 59.2 Å². The molecule has 6 nitrogen and oxygen atoms in total. The molecular weight excluding hydrogens is 386 g/mol. The number of nitrogens with zero attached hydrogens (tertiary/aromatic N) is 1. The molecule has 146 valence electrons. The maximum Gasteiger partial charge on any atom is 0.281 e. The minimum atomic E-state index is -0.386. The van der Waals surface area contributed by atoms with E-state index in [4.69, 9.17) is 4.42 Å². The molecule has 2 aromatic carbocycles. The monoisotopic (exact) mass is 405 g/mol. The molecule has 0 bridgehead atoms. The molecular formula is C22H19N3O3S. The molecule has 0 saturated carbocycles. The first kappa shape index (κ1) is 18.9. The molecule has 0 aliphatic heterocycles. The number of fused-ring (bicyclic) bond motifs is 1. The topological polar surface area (TPSA) is 84.2 Å².